The Bertz CT molecular complexity index is 850. The van der Waals surface area contributed by atoms with E-state index < -0.39 is 5.82 Å². The molecule has 0 radical (unpaired) electrons. The Morgan fingerprint density at radius 3 is 2.79 bits per heavy atom. The largest absolute Gasteiger partial charge is 0.351 e. The SMILES string of the molecule is NC1CCC(Nc2ncc(F)c(-c3cccc(N4CCCCC4=O)c3)n2)CC1. The van der Waals surface area contributed by atoms with E-state index in [1.54, 1.807) is 4.90 Å². The van der Waals surface area contributed by atoms with Gasteiger partial charge in [-0.25, -0.2) is 14.4 Å². The Hall–Kier alpha value is -2.54. The van der Waals surface area contributed by atoms with E-state index in [4.69, 9.17) is 5.73 Å². The molecule has 1 aliphatic heterocycles. The highest BCUT2D eigenvalue weighted by atomic mass is 19.1. The van der Waals surface area contributed by atoms with Gasteiger partial charge in [-0.2, -0.15) is 0 Å². The number of halogens is 1. The van der Waals surface area contributed by atoms with Gasteiger partial charge < -0.3 is 16.0 Å². The monoisotopic (exact) mass is 383 g/mol. The molecule has 0 atom stereocenters. The number of nitrogens with two attached hydrogens (primary N) is 1. The standard InChI is InChI=1S/C21H26FN5O/c22-18-13-24-21(25-16-9-7-15(23)8-10-16)26-20(18)14-4-3-5-17(12-14)27-11-2-1-6-19(27)28/h3-5,12-13,15-16H,1-2,6-11,23H2,(H,24,25,26). The fourth-order valence-electron chi connectivity index (χ4n) is 3.99. The number of aromatic nitrogens is 2. The maximum absolute atomic E-state index is 14.5. The molecule has 28 heavy (non-hydrogen) atoms. The molecule has 1 saturated heterocycles. The number of benzene rings is 1. The van der Waals surface area contributed by atoms with Gasteiger partial charge in [0.2, 0.25) is 11.9 Å². The van der Waals surface area contributed by atoms with E-state index in [1.807, 2.05) is 24.3 Å². The quantitative estimate of drug-likeness (QED) is 0.844. The Balaban J connectivity index is 1.56. The van der Waals surface area contributed by atoms with E-state index in [0.717, 1.165) is 44.2 Å². The molecule has 0 unspecified atom stereocenters. The molecule has 2 heterocycles. The van der Waals surface area contributed by atoms with Crippen LogP contribution in [0.15, 0.2) is 30.5 Å². The van der Waals surface area contributed by atoms with Crippen molar-refractivity contribution in [2.45, 2.75) is 57.0 Å². The molecular weight excluding hydrogens is 357 g/mol. The molecule has 6 nitrogen and oxygen atoms in total. The number of rotatable bonds is 4. The fraction of sp³-hybridized carbons (Fsp3) is 0.476. The number of nitrogens with zero attached hydrogens (tertiary/aromatic N) is 3. The Labute approximate surface area is 164 Å². The number of hydrogen-bond acceptors (Lipinski definition) is 5. The number of carbonyl (C=O) groups is 1. The third kappa shape index (κ3) is 4.14. The number of piperidine rings is 1. The Morgan fingerprint density at radius 1 is 1.18 bits per heavy atom. The maximum Gasteiger partial charge on any atom is 0.226 e. The minimum Gasteiger partial charge on any atom is -0.351 e. The lowest BCUT2D eigenvalue weighted by molar-refractivity contribution is -0.119. The second kappa shape index (κ2) is 8.22. The summed E-state index contributed by atoms with van der Waals surface area (Å²) in [6.45, 7) is 0.700. The van der Waals surface area contributed by atoms with Gasteiger partial charge in [-0.05, 0) is 50.7 Å². The molecule has 7 heteroatoms. The van der Waals surface area contributed by atoms with Crippen LogP contribution in [0.4, 0.5) is 16.0 Å². The van der Waals surface area contributed by atoms with E-state index in [2.05, 4.69) is 15.3 Å². The fourth-order valence-corrected chi connectivity index (χ4v) is 3.99. The lowest BCUT2D eigenvalue weighted by Gasteiger charge is -2.27. The Kier molecular flexibility index (Phi) is 5.52. The first kappa shape index (κ1) is 18.8. The molecule has 1 aromatic carbocycles. The first-order valence-electron chi connectivity index (χ1n) is 10.1. The predicted octanol–water partition coefficient (Wildman–Crippen LogP) is 3.48. The van der Waals surface area contributed by atoms with Gasteiger partial charge in [0.15, 0.2) is 5.82 Å². The van der Waals surface area contributed by atoms with Gasteiger partial charge in [0.25, 0.3) is 0 Å². The molecule has 1 aromatic heterocycles. The Morgan fingerprint density at radius 2 is 2.00 bits per heavy atom. The van der Waals surface area contributed by atoms with Crippen LogP contribution in [0.3, 0.4) is 0 Å². The van der Waals surface area contributed by atoms with Crippen LogP contribution < -0.4 is 16.0 Å². The van der Waals surface area contributed by atoms with Crippen LogP contribution in [0, 0.1) is 5.82 Å². The molecule has 148 valence electrons. The van der Waals surface area contributed by atoms with Crippen molar-refractivity contribution in [3.8, 4) is 11.3 Å². The molecule has 2 aliphatic rings. The highest BCUT2D eigenvalue weighted by Gasteiger charge is 2.22. The van der Waals surface area contributed by atoms with E-state index >= 15 is 0 Å². The minimum atomic E-state index is -0.474. The van der Waals surface area contributed by atoms with Crippen molar-refractivity contribution in [2.24, 2.45) is 5.73 Å². The van der Waals surface area contributed by atoms with Gasteiger partial charge in [0.1, 0.15) is 5.69 Å². The lowest BCUT2D eigenvalue weighted by atomic mass is 9.92. The third-order valence-electron chi connectivity index (χ3n) is 5.60. The summed E-state index contributed by atoms with van der Waals surface area (Å²) in [5, 5.41) is 3.31. The number of amides is 1. The van der Waals surface area contributed by atoms with Crippen molar-refractivity contribution in [3.63, 3.8) is 0 Å². The zero-order valence-corrected chi connectivity index (χ0v) is 15.9. The molecule has 1 aliphatic carbocycles. The van der Waals surface area contributed by atoms with Crippen molar-refractivity contribution in [1.29, 1.82) is 0 Å². The topological polar surface area (TPSA) is 84.1 Å². The van der Waals surface area contributed by atoms with Crippen molar-refractivity contribution < 1.29 is 9.18 Å². The zero-order chi connectivity index (χ0) is 19.5. The van der Waals surface area contributed by atoms with E-state index in [0.29, 0.717) is 24.5 Å². The zero-order valence-electron chi connectivity index (χ0n) is 15.9. The van der Waals surface area contributed by atoms with Gasteiger partial charge in [0, 0.05) is 36.3 Å². The predicted molar refractivity (Wildman–Crippen MR) is 107 cm³/mol. The maximum atomic E-state index is 14.5. The molecule has 4 rings (SSSR count). The second-order valence-corrected chi connectivity index (χ2v) is 7.70. The summed E-state index contributed by atoms with van der Waals surface area (Å²) < 4.78 is 14.5. The van der Waals surface area contributed by atoms with Crippen LogP contribution in [-0.4, -0.2) is 34.5 Å². The smallest absolute Gasteiger partial charge is 0.226 e. The van der Waals surface area contributed by atoms with Crippen molar-refractivity contribution >= 4 is 17.5 Å². The summed E-state index contributed by atoms with van der Waals surface area (Å²) in [4.78, 5) is 22.5. The highest BCUT2D eigenvalue weighted by molar-refractivity contribution is 5.94. The van der Waals surface area contributed by atoms with Crippen LogP contribution in [-0.2, 0) is 4.79 Å². The van der Waals surface area contributed by atoms with Crippen LogP contribution >= 0.6 is 0 Å². The van der Waals surface area contributed by atoms with E-state index in [-0.39, 0.29) is 23.7 Å². The minimum absolute atomic E-state index is 0.115. The van der Waals surface area contributed by atoms with Crippen molar-refractivity contribution in [2.75, 3.05) is 16.8 Å². The summed E-state index contributed by atoms with van der Waals surface area (Å²) in [6.07, 6.45) is 7.54. The van der Waals surface area contributed by atoms with Crippen LogP contribution in [0.5, 0.6) is 0 Å². The molecule has 1 saturated carbocycles. The van der Waals surface area contributed by atoms with Gasteiger partial charge >= 0.3 is 0 Å². The van der Waals surface area contributed by atoms with Gasteiger partial charge in [-0.15, -0.1) is 0 Å². The van der Waals surface area contributed by atoms with Crippen molar-refractivity contribution in [1.82, 2.24) is 9.97 Å². The number of anilines is 2. The molecule has 2 aromatic rings. The average Bonchev–Trinajstić information content (AvgIpc) is 2.71. The molecule has 2 fully saturated rings. The summed E-state index contributed by atoms with van der Waals surface area (Å²) in [6, 6.07) is 7.89. The van der Waals surface area contributed by atoms with Gasteiger partial charge in [0.05, 0.1) is 6.20 Å². The van der Waals surface area contributed by atoms with E-state index in [1.165, 1.54) is 6.20 Å². The van der Waals surface area contributed by atoms with Crippen LogP contribution in [0.25, 0.3) is 11.3 Å². The summed E-state index contributed by atoms with van der Waals surface area (Å²) in [5.74, 6) is 0.0686. The summed E-state index contributed by atoms with van der Waals surface area (Å²) >= 11 is 0. The molecule has 0 spiro atoms. The molecule has 3 N–H and O–H groups in total. The molecule has 1 amide bonds. The first-order valence-corrected chi connectivity index (χ1v) is 10.1. The highest BCUT2D eigenvalue weighted by Crippen LogP contribution is 2.28. The third-order valence-corrected chi connectivity index (χ3v) is 5.60. The summed E-state index contributed by atoms with van der Waals surface area (Å²) in [7, 11) is 0. The summed E-state index contributed by atoms with van der Waals surface area (Å²) in [5.41, 5.74) is 7.64. The molecular formula is C21H26FN5O. The average molecular weight is 383 g/mol. The van der Waals surface area contributed by atoms with Crippen LogP contribution in [0.1, 0.15) is 44.9 Å². The first-order chi connectivity index (χ1) is 13.6. The van der Waals surface area contributed by atoms with Crippen molar-refractivity contribution in [3.05, 3.63) is 36.3 Å². The number of hydrogen-bond donors (Lipinski definition) is 2. The number of nitrogens with one attached hydrogen (secondary N) is 1. The lowest BCUT2D eigenvalue weighted by Crippen LogP contribution is -2.35. The normalized spacial score (nSPS) is 22.9. The van der Waals surface area contributed by atoms with Gasteiger partial charge in [-0.1, -0.05) is 12.1 Å². The number of carbonyl (C=O) groups excluding carboxylic acids is 1. The van der Waals surface area contributed by atoms with Crippen LogP contribution in [0.2, 0.25) is 0 Å². The van der Waals surface area contributed by atoms with Gasteiger partial charge in [-0.3, -0.25) is 4.79 Å². The molecule has 0 bridgehead atoms. The second-order valence-electron chi connectivity index (χ2n) is 7.70. The van der Waals surface area contributed by atoms with E-state index in [9.17, 15) is 9.18 Å².